The van der Waals surface area contributed by atoms with Crippen LogP contribution in [-0.2, 0) is 48.6 Å². The van der Waals surface area contributed by atoms with Gasteiger partial charge in [-0.3, -0.25) is 14.4 Å². The number of halogens is 1. The maximum Gasteiger partial charge on any atom is 1.00 e. The first-order valence-electron chi connectivity index (χ1n) is 9.29. The van der Waals surface area contributed by atoms with Gasteiger partial charge < -0.3 is 29.5 Å². The van der Waals surface area contributed by atoms with E-state index >= 15 is 0 Å². The number of aromatic nitrogens is 1. The largest absolute Gasteiger partial charge is 1.00 e. The Morgan fingerprint density at radius 2 is 1.97 bits per heavy atom. The molecular weight excluding hydrogens is 561 g/mol. The summed E-state index contributed by atoms with van der Waals surface area (Å²) in [6.45, 7) is 0.516. The van der Waals surface area contributed by atoms with Crippen molar-refractivity contribution in [2.24, 2.45) is 5.16 Å². The Hall–Kier alpha value is -2.35. The molecule has 0 aliphatic carbocycles. The SMILES string of the molecule is CCOC(=O)COC(=O)[C@H]1[C@@H](NC(=O)C(=NOC)c2csc(NC(=O)CCl)n2)C(=O)N1S(=O)(=O)[O-].[Na+]. The Morgan fingerprint density at radius 1 is 1.31 bits per heavy atom. The number of carbonyl (C=O) groups excluding carboxylic acids is 5. The number of carbonyl (C=O) groups is 5. The third kappa shape index (κ3) is 7.82. The Bertz CT molecular complexity index is 1160. The molecular formula is C16H17ClN5NaO11S2. The van der Waals surface area contributed by atoms with Crippen LogP contribution >= 0.6 is 22.9 Å². The minimum absolute atomic E-state index is 0. The molecule has 1 saturated heterocycles. The van der Waals surface area contributed by atoms with Crippen LogP contribution < -0.4 is 40.2 Å². The number of hydrogen-bond acceptors (Lipinski definition) is 14. The van der Waals surface area contributed by atoms with Crippen molar-refractivity contribution >= 4 is 73.7 Å². The second-order valence-corrected chi connectivity index (χ2v) is 8.62. The van der Waals surface area contributed by atoms with Gasteiger partial charge in [0.25, 0.3) is 11.8 Å². The summed E-state index contributed by atoms with van der Waals surface area (Å²) in [6.07, 6.45) is 0. The van der Waals surface area contributed by atoms with Crippen molar-refractivity contribution in [2.75, 3.05) is 31.5 Å². The summed E-state index contributed by atoms with van der Waals surface area (Å²) in [6, 6.07) is -3.96. The van der Waals surface area contributed by atoms with E-state index in [0.717, 1.165) is 18.4 Å². The van der Waals surface area contributed by atoms with Crippen LogP contribution in [0.4, 0.5) is 5.13 Å². The van der Waals surface area contributed by atoms with Crippen LogP contribution in [-0.4, -0.2) is 95.9 Å². The van der Waals surface area contributed by atoms with Crippen molar-refractivity contribution in [3.8, 4) is 0 Å². The standard InChI is InChI=1S/C16H18ClN5O11S2.Na/c1-3-32-9(24)5-33-15(27)12-11(14(26)22(12)35(28,29)30)20-13(25)10(21-31-2)7-6-34-16(18-7)19-8(23)4-17;/h6,11-12H,3-5H2,1-2H3,(H,20,25)(H,18,19,23)(H,28,29,30);/q;+1/p-1/t11-,12-;/m1./s1. The molecule has 0 unspecified atom stereocenters. The van der Waals surface area contributed by atoms with Crippen LogP contribution in [0.1, 0.15) is 12.6 Å². The predicted molar refractivity (Wildman–Crippen MR) is 115 cm³/mol. The van der Waals surface area contributed by atoms with Crippen LogP contribution in [0.5, 0.6) is 0 Å². The average molecular weight is 578 g/mol. The Labute approximate surface area is 234 Å². The molecule has 2 N–H and O–H groups in total. The molecule has 1 aromatic heterocycles. The summed E-state index contributed by atoms with van der Waals surface area (Å²) >= 11 is 6.29. The average Bonchev–Trinajstić information content (AvgIpc) is 3.24. The number of alkyl halides is 1. The summed E-state index contributed by atoms with van der Waals surface area (Å²) in [5.41, 5.74) is -0.647. The second kappa shape index (κ2) is 13.8. The third-order valence-corrected chi connectivity index (χ3v) is 5.86. The van der Waals surface area contributed by atoms with E-state index in [0.29, 0.717) is 0 Å². The monoisotopic (exact) mass is 577 g/mol. The summed E-state index contributed by atoms with van der Waals surface area (Å²) in [4.78, 5) is 68.7. The number of hydrogen-bond donors (Lipinski definition) is 2. The molecule has 0 aromatic carbocycles. The number of rotatable bonds is 11. The molecule has 1 aliphatic rings. The van der Waals surface area contributed by atoms with Gasteiger partial charge in [0.15, 0.2) is 33.8 Å². The first-order chi connectivity index (χ1) is 16.4. The van der Waals surface area contributed by atoms with Crippen LogP contribution in [0, 0.1) is 0 Å². The molecule has 0 radical (unpaired) electrons. The third-order valence-electron chi connectivity index (χ3n) is 3.97. The fraction of sp³-hybridized carbons (Fsp3) is 0.438. The summed E-state index contributed by atoms with van der Waals surface area (Å²) < 4.78 is 43.1. The molecule has 192 valence electrons. The van der Waals surface area contributed by atoms with Crippen LogP contribution in [0.25, 0.3) is 0 Å². The van der Waals surface area contributed by atoms with Gasteiger partial charge in [-0.15, -0.1) is 22.9 Å². The number of ether oxygens (including phenoxy) is 2. The van der Waals surface area contributed by atoms with Gasteiger partial charge in [-0.1, -0.05) is 5.16 Å². The molecule has 3 amide bonds. The normalized spacial score (nSPS) is 17.3. The van der Waals surface area contributed by atoms with Crippen LogP contribution in [0.2, 0.25) is 0 Å². The van der Waals surface area contributed by atoms with E-state index < -0.39 is 64.4 Å². The first-order valence-corrected chi connectivity index (χ1v) is 12.1. The van der Waals surface area contributed by atoms with Crippen molar-refractivity contribution in [1.82, 2.24) is 14.6 Å². The first kappa shape index (κ1) is 31.7. The molecule has 0 bridgehead atoms. The van der Waals surface area contributed by atoms with Gasteiger partial charge in [0.1, 0.15) is 24.7 Å². The molecule has 36 heavy (non-hydrogen) atoms. The topological polar surface area (TPSA) is 223 Å². The number of amides is 3. The van der Waals surface area contributed by atoms with Crippen molar-refractivity contribution in [1.29, 1.82) is 0 Å². The van der Waals surface area contributed by atoms with Gasteiger partial charge in [-0.2, -0.15) is 0 Å². The summed E-state index contributed by atoms with van der Waals surface area (Å²) in [5.74, 6) is -5.96. The van der Waals surface area contributed by atoms with E-state index in [-0.39, 0.29) is 57.2 Å². The van der Waals surface area contributed by atoms with Crippen molar-refractivity contribution in [3.63, 3.8) is 0 Å². The van der Waals surface area contributed by atoms with E-state index in [2.05, 4.69) is 35.1 Å². The smallest absolute Gasteiger partial charge is 0.731 e. The van der Waals surface area contributed by atoms with Crippen molar-refractivity contribution < 1.29 is 80.8 Å². The Balaban J connectivity index is 0.00000648. The Kier molecular flexibility index (Phi) is 12.2. The van der Waals surface area contributed by atoms with Crippen molar-refractivity contribution in [3.05, 3.63) is 11.1 Å². The number of β-lactam (4-membered cyclic amide) rings is 1. The fourth-order valence-corrected chi connectivity index (χ4v) is 4.20. The number of oxime groups is 1. The number of nitrogens with zero attached hydrogens (tertiary/aromatic N) is 3. The number of thiazole rings is 1. The molecule has 1 aliphatic heterocycles. The molecule has 2 atom stereocenters. The molecule has 2 rings (SSSR count). The zero-order chi connectivity index (χ0) is 26.3. The van der Waals surface area contributed by atoms with E-state index in [9.17, 15) is 36.9 Å². The maximum absolute atomic E-state index is 12.8. The van der Waals surface area contributed by atoms with Gasteiger partial charge in [0.05, 0.1) is 6.61 Å². The second-order valence-electron chi connectivity index (χ2n) is 6.24. The van der Waals surface area contributed by atoms with Crippen LogP contribution in [0.15, 0.2) is 10.5 Å². The Morgan fingerprint density at radius 3 is 2.53 bits per heavy atom. The molecule has 1 aromatic rings. The van der Waals surface area contributed by atoms with Gasteiger partial charge in [0.2, 0.25) is 5.91 Å². The van der Waals surface area contributed by atoms with E-state index in [1.807, 2.05) is 0 Å². The minimum atomic E-state index is -5.47. The minimum Gasteiger partial charge on any atom is -0.731 e. The predicted octanol–water partition coefficient (Wildman–Crippen LogP) is -5.06. The number of anilines is 1. The van der Waals surface area contributed by atoms with Gasteiger partial charge in [-0.05, 0) is 6.92 Å². The maximum atomic E-state index is 12.8. The van der Waals surface area contributed by atoms with Crippen LogP contribution in [0.3, 0.4) is 0 Å². The zero-order valence-corrected chi connectivity index (χ0v) is 23.3. The molecule has 20 heteroatoms. The fourth-order valence-electron chi connectivity index (χ4n) is 2.60. The molecule has 16 nitrogen and oxygen atoms in total. The van der Waals surface area contributed by atoms with Gasteiger partial charge in [-0.25, -0.2) is 27.3 Å². The quantitative estimate of drug-likeness (QED) is 0.0479. The van der Waals surface area contributed by atoms with E-state index in [1.165, 1.54) is 12.3 Å². The number of esters is 2. The van der Waals surface area contributed by atoms with Gasteiger partial charge in [0, 0.05) is 5.38 Å². The summed E-state index contributed by atoms with van der Waals surface area (Å²) in [7, 11) is -4.38. The van der Waals surface area contributed by atoms with Crippen molar-refractivity contribution in [2.45, 2.75) is 19.0 Å². The molecule has 0 saturated carbocycles. The van der Waals surface area contributed by atoms with E-state index in [4.69, 9.17) is 11.6 Å². The number of nitrogens with one attached hydrogen (secondary N) is 2. The van der Waals surface area contributed by atoms with E-state index in [1.54, 1.807) is 0 Å². The molecule has 0 spiro atoms. The molecule has 1 fully saturated rings. The zero-order valence-electron chi connectivity index (χ0n) is 18.9. The summed E-state index contributed by atoms with van der Waals surface area (Å²) in [5, 5.41) is 9.23. The van der Waals surface area contributed by atoms with Gasteiger partial charge >= 0.3 is 41.5 Å². The molecule has 2 heterocycles.